The zero-order valence-corrected chi connectivity index (χ0v) is 11.9. The third-order valence-corrected chi connectivity index (χ3v) is 2.93. The van der Waals surface area contributed by atoms with E-state index in [1.54, 1.807) is 12.3 Å². The van der Waals surface area contributed by atoms with Gasteiger partial charge in [-0.15, -0.1) is 0 Å². The SMILES string of the molecule is Cc1ccc(Oc2ccc(N)nc2)c(C(C)(C)C)c1. The van der Waals surface area contributed by atoms with Gasteiger partial charge in [0.25, 0.3) is 0 Å². The number of aryl methyl sites for hydroxylation is 1. The number of aromatic nitrogens is 1. The van der Waals surface area contributed by atoms with E-state index in [-0.39, 0.29) is 5.41 Å². The maximum atomic E-state index is 5.93. The number of rotatable bonds is 2. The monoisotopic (exact) mass is 256 g/mol. The molecule has 1 heterocycles. The van der Waals surface area contributed by atoms with E-state index >= 15 is 0 Å². The van der Waals surface area contributed by atoms with Crippen molar-refractivity contribution in [3.63, 3.8) is 0 Å². The Morgan fingerprint density at radius 2 is 1.84 bits per heavy atom. The van der Waals surface area contributed by atoms with Crippen molar-refractivity contribution in [3.8, 4) is 11.5 Å². The van der Waals surface area contributed by atoms with Crippen LogP contribution in [0.3, 0.4) is 0 Å². The van der Waals surface area contributed by atoms with Crippen LogP contribution in [0.25, 0.3) is 0 Å². The quantitative estimate of drug-likeness (QED) is 0.881. The van der Waals surface area contributed by atoms with E-state index in [0.29, 0.717) is 11.6 Å². The summed E-state index contributed by atoms with van der Waals surface area (Å²) in [7, 11) is 0. The van der Waals surface area contributed by atoms with Gasteiger partial charge >= 0.3 is 0 Å². The van der Waals surface area contributed by atoms with Crippen molar-refractivity contribution in [1.82, 2.24) is 4.98 Å². The molecule has 100 valence electrons. The first kappa shape index (κ1) is 13.4. The lowest BCUT2D eigenvalue weighted by Gasteiger charge is -2.23. The van der Waals surface area contributed by atoms with Gasteiger partial charge in [-0.05, 0) is 30.5 Å². The van der Waals surface area contributed by atoms with Crippen LogP contribution in [0.15, 0.2) is 36.5 Å². The van der Waals surface area contributed by atoms with Gasteiger partial charge in [-0.25, -0.2) is 4.98 Å². The molecule has 0 fully saturated rings. The number of pyridine rings is 1. The molecular weight excluding hydrogens is 236 g/mol. The lowest BCUT2D eigenvalue weighted by atomic mass is 9.85. The molecule has 3 heteroatoms. The lowest BCUT2D eigenvalue weighted by Crippen LogP contribution is -2.12. The van der Waals surface area contributed by atoms with Crippen molar-refractivity contribution in [2.75, 3.05) is 5.73 Å². The first-order valence-electron chi connectivity index (χ1n) is 6.37. The van der Waals surface area contributed by atoms with Crippen LogP contribution in [0, 0.1) is 6.92 Å². The number of ether oxygens (including phenoxy) is 1. The van der Waals surface area contributed by atoms with Crippen molar-refractivity contribution >= 4 is 5.82 Å². The van der Waals surface area contributed by atoms with Crippen LogP contribution >= 0.6 is 0 Å². The number of anilines is 1. The molecule has 0 saturated carbocycles. The summed E-state index contributed by atoms with van der Waals surface area (Å²) in [6.07, 6.45) is 1.64. The summed E-state index contributed by atoms with van der Waals surface area (Å²) in [6, 6.07) is 9.79. The average Bonchev–Trinajstić information content (AvgIpc) is 2.33. The topological polar surface area (TPSA) is 48.1 Å². The number of benzene rings is 1. The van der Waals surface area contributed by atoms with Gasteiger partial charge in [0.2, 0.25) is 0 Å². The van der Waals surface area contributed by atoms with E-state index in [4.69, 9.17) is 10.5 Å². The standard InChI is InChI=1S/C16H20N2O/c1-11-5-7-14(13(9-11)16(2,3)4)19-12-6-8-15(17)18-10-12/h5-10H,1-4H3,(H2,17,18). The molecule has 1 aromatic heterocycles. The van der Waals surface area contributed by atoms with Gasteiger partial charge in [-0.2, -0.15) is 0 Å². The summed E-state index contributed by atoms with van der Waals surface area (Å²) in [5, 5.41) is 0. The number of nitrogens with zero attached hydrogens (tertiary/aromatic N) is 1. The second kappa shape index (κ2) is 4.92. The maximum Gasteiger partial charge on any atom is 0.145 e. The van der Waals surface area contributed by atoms with E-state index in [2.05, 4.69) is 44.8 Å². The Morgan fingerprint density at radius 1 is 1.11 bits per heavy atom. The maximum absolute atomic E-state index is 5.93. The molecule has 2 rings (SSSR count). The van der Waals surface area contributed by atoms with Crippen molar-refractivity contribution < 1.29 is 4.74 Å². The molecule has 0 saturated heterocycles. The van der Waals surface area contributed by atoms with Crippen molar-refractivity contribution in [2.45, 2.75) is 33.1 Å². The van der Waals surface area contributed by atoms with Crippen molar-refractivity contribution in [3.05, 3.63) is 47.7 Å². The van der Waals surface area contributed by atoms with E-state index < -0.39 is 0 Å². The highest BCUT2D eigenvalue weighted by atomic mass is 16.5. The number of nitrogen functional groups attached to an aromatic ring is 1. The zero-order valence-electron chi connectivity index (χ0n) is 11.9. The van der Waals surface area contributed by atoms with Crippen molar-refractivity contribution in [2.24, 2.45) is 0 Å². The van der Waals surface area contributed by atoms with Crippen LogP contribution in [-0.2, 0) is 5.41 Å². The Labute approximate surface area is 114 Å². The largest absolute Gasteiger partial charge is 0.455 e. The summed E-state index contributed by atoms with van der Waals surface area (Å²) in [6.45, 7) is 8.62. The van der Waals surface area contributed by atoms with E-state index in [1.807, 2.05) is 12.1 Å². The molecule has 0 unspecified atom stereocenters. The van der Waals surface area contributed by atoms with Crippen LogP contribution in [0.2, 0.25) is 0 Å². The van der Waals surface area contributed by atoms with E-state index in [1.165, 1.54) is 11.1 Å². The van der Waals surface area contributed by atoms with Gasteiger partial charge in [-0.1, -0.05) is 38.5 Å². The van der Waals surface area contributed by atoms with Gasteiger partial charge < -0.3 is 10.5 Å². The van der Waals surface area contributed by atoms with Gasteiger partial charge in [0.15, 0.2) is 0 Å². The molecule has 3 nitrogen and oxygen atoms in total. The molecule has 2 N–H and O–H groups in total. The van der Waals surface area contributed by atoms with Gasteiger partial charge in [0.05, 0.1) is 6.20 Å². The predicted octanol–water partition coefficient (Wildman–Crippen LogP) is 4.06. The molecule has 0 amide bonds. The second-order valence-corrected chi connectivity index (χ2v) is 5.77. The normalized spacial score (nSPS) is 11.4. The lowest BCUT2D eigenvalue weighted by molar-refractivity contribution is 0.453. The zero-order chi connectivity index (χ0) is 14.0. The molecule has 0 aliphatic heterocycles. The third-order valence-electron chi connectivity index (χ3n) is 2.93. The fourth-order valence-corrected chi connectivity index (χ4v) is 1.90. The van der Waals surface area contributed by atoms with Crippen LogP contribution in [0.1, 0.15) is 31.9 Å². The molecule has 0 aliphatic rings. The molecule has 0 atom stereocenters. The van der Waals surface area contributed by atoms with Crippen LogP contribution in [-0.4, -0.2) is 4.98 Å². The number of nitrogens with two attached hydrogens (primary N) is 1. The molecule has 1 aromatic carbocycles. The van der Waals surface area contributed by atoms with Crippen LogP contribution < -0.4 is 10.5 Å². The van der Waals surface area contributed by atoms with Crippen LogP contribution in [0.5, 0.6) is 11.5 Å². The number of hydrogen-bond acceptors (Lipinski definition) is 3. The minimum absolute atomic E-state index is 0.0303. The van der Waals surface area contributed by atoms with Crippen molar-refractivity contribution in [1.29, 1.82) is 0 Å². The Balaban J connectivity index is 2.37. The van der Waals surface area contributed by atoms with E-state index in [0.717, 1.165) is 5.75 Å². The predicted molar refractivity (Wildman–Crippen MR) is 78.6 cm³/mol. The number of hydrogen-bond donors (Lipinski definition) is 1. The Morgan fingerprint density at radius 3 is 2.42 bits per heavy atom. The van der Waals surface area contributed by atoms with E-state index in [9.17, 15) is 0 Å². The molecule has 19 heavy (non-hydrogen) atoms. The summed E-state index contributed by atoms with van der Waals surface area (Å²) in [5.74, 6) is 2.06. The fourth-order valence-electron chi connectivity index (χ4n) is 1.90. The third kappa shape index (κ3) is 3.25. The summed E-state index contributed by atoms with van der Waals surface area (Å²) < 4.78 is 5.93. The van der Waals surface area contributed by atoms with Gasteiger partial charge in [0, 0.05) is 5.56 Å². The summed E-state index contributed by atoms with van der Waals surface area (Å²) in [5.41, 5.74) is 8.02. The highest BCUT2D eigenvalue weighted by Crippen LogP contribution is 2.34. The molecule has 2 aromatic rings. The molecule has 0 bridgehead atoms. The van der Waals surface area contributed by atoms with Gasteiger partial charge in [-0.3, -0.25) is 0 Å². The molecule has 0 radical (unpaired) electrons. The summed E-state index contributed by atoms with van der Waals surface area (Å²) >= 11 is 0. The van der Waals surface area contributed by atoms with Gasteiger partial charge in [0.1, 0.15) is 17.3 Å². The Kier molecular flexibility index (Phi) is 3.47. The highest BCUT2D eigenvalue weighted by Gasteiger charge is 2.19. The smallest absolute Gasteiger partial charge is 0.145 e. The fraction of sp³-hybridized carbons (Fsp3) is 0.312. The minimum Gasteiger partial charge on any atom is -0.455 e. The molecule has 0 spiro atoms. The molecule has 0 aliphatic carbocycles. The first-order chi connectivity index (χ1) is 8.86. The summed E-state index contributed by atoms with van der Waals surface area (Å²) in [4.78, 5) is 4.04. The minimum atomic E-state index is 0.0303. The highest BCUT2D eigenvalue weighted by molar-refractivity contribution is 5.44. The second-order valence-electron chi connectivity index (χ2n) is 5.77. The average molecular weight is 256 g/mol. The first-order valence-corrected chi connectivity index (χ1v) is 6.37. The Hall–Kier alpha value is -2.03. The molecular formula is C16H20N2O. The Bertz CT molecular complexity index is 568. The van der Waals surface area contributed by atoms with Crippen LogP contribution in [0.4, 0.5) is 5.82 Å².